The van der Waals surface area contributed by atoms with Gasteiger partial charge in [-0.25, -0.2) is 0 Å². The standard InChI is InChI=1S/C14H12ClN3O2/c1-19-13-6-14(20-2)11(5-10(13)15)18-12-8-17-4-3-9(12)7-16/h3-6,8,18H,1-2H3. The van der Waals surface area contributed by atoms with Crippen molar-refractivity contribution in [2.75, 3.05) is 19.5 Å². The summed E-state index contributed by atoms with van der Waals surface area (Å²) in [5.41, 5.74) is 1.69. The lowest BCUT2D eigenvalue weighted by Crippen LogP contribution is -1.98. The molecule has 1 aromatic carbocycles. The first-order valence-corrected chi connectivity index (χ1v) is 6.10. The molecule has 0 aliphatic carbocycles. The monoisotopic (exact) mass is 289 g/mol. The van der Waals surface area contributed by atoms with Gasteiger partial charge in [0, 0.05) is 12.3 Å². The lowest BCUT2D eigenvalue weighted by atomic mass is 10.2. The zero-order valence-corrected chi connectivity index (χ0v) is 11.7. The first-order valence-electron chi connectivity index (χ1n) is 5.72. The van der Waals surface area contributed by atoms with Crippen LogP contribution >= 0.6 is 11.6 Å². The molecule has 20 heavy (non-hydrogen) atoms. The fraction of sp³-hybridized carbons (Fsp3) is 0.143. The summed E-state index contributed by atoms with van der Waals surface area (Å²) >= 11 is 6.10. The normalized spacial score (nSPS) is 9.70. The summed E-state index contributed by atoms with van der Waals surface area (Å²) in [5, 5.41) is 12.6. The smallest absolute Gasteiger partial charge is 0.146 e. The number of nitrogens with zero attached hydrogens (tertiary/aromatic N) is 2. The highest BCUT2D eigenvalue weighted by atomic mass is 35.5. The number of aromatic nitrogens is 1. The third-order valence-corrected chi connectivity index (χ3v) is 2.98. The molecule has 1 aromatic heterocycles. The van der Waals surface area contributed by atoms with Gasteiger partial charge in [0.25, 0.3) is 0 Å². The Labute approximate surface area is 121 Å². The molecule has 0 atom stereocenters. The topological polar surface area (TPSA) is 67.2 Å². The Morgan fingerprint density at radius 1 is 1.20 bits per heavy atom. The summed E-state index contributed by atoms with van der Waals surface area (Å²) < 4.78 is 10.4. The molecular formula is C14H12ClN3O2. The number of nitrogens with one attached hydrogen (secondary N) is 1. The minimum Gasteiger partial charge on any atom is -0.495 e. The van der Waals surface area contributed by atoms with Crippen LogP contribution in [0.1, 0.15) is 5.56 Å². The number of hydrogen-bond donors (Lipinski definition) is 1. The average Bonchev–Trinajstić information content (AvgIpc) is 2.48. The van der Waals surface area contributed by atoms with Crippen LogP contribution in [-0.2, 0) is 0 Å². The highest BCUT2D eigenvalue weighted by Crippen LogP contribution is 2.37. The van der Waals surface area contributed by atoms with Crippen LogP contribution in [0.15, 0.2) is 30.6 Å². The molecule has 102 valence electrons. The average molecular weight is 290 g/mol. The quantitative estimate of drug-likeness (QED) is 0.934. The Hall–Kier alpha value is -2.45. The molecule has 0 saturated carbocycles. The molecule has 0 bridgehead atoms. The number of hydrogen-bond acceptors (Lipinski definition) is 5. The number of rotatable bonds is 4. The fourth-order valence-corrected chi connectivity index (χ4v) is 1.94. The Bertz CT molecular complexity index is 668. The molecule has 0 radical (unpaired) electrons. The van der Waals surface area contributed by atoms with Gasteiger partial charge >= 0.3 is 0 Å². The third-order valence-electron chi connectivity index (χ3n) is 2.68. The molecule has 2 rings (SSSR count). The second kappa shape index (κ2) is 6.13. The van der Waals surface area contributed by atoms with E-state index in [4.69, 9.17) is 26.3 Å². The molecule has 0 unspecified atom stereocenters. The number of halogens is 1. The number of anilines is 2. The second-order valence-electron chi connectivity index (χ2n) is 3.85. The van der Waals surface area contributed by atoms with Gasteiger partial charge in [0.1, 0.15) is 17.6 Å². The highest BCUT2D eigenvalue weighted by molar-refractivity contribution is 6.32. The van der Waals surface area contributed by atoms with E-state index >= 15 is 0 Å². The third kappa shape index (κ3) is 2.76. The summed E-state index contributed by atoms with van der Waals surface area (Å²) in [6.07, 6.45) is 3.12. The van der Waals surface area contributed by atoms with Gasteiger partial charge in [-0.3, -0.25) is 4.98 Å². The summed E-state index contributed by atoms with van der Waals surface area (Å²) in [6.45, 7) is 0. The Kier molecular flexibility index (Phi) is 4.28. The van der Waals surface area contributed by atoms with Gasteiger partial charge in [-0.2, -0.15) is 5.26 Å². The van der Waals surface area contributed by atoms with Crippen LogP contribution < -0.4 is 14.8 Å². The summed E-state index contributed by atoms with van der Waals surface area (Å²) in [4.78, 5) is 3.99. The maximum atomic E-state index is 9.06. The van der Waals surface area contributed by atoms with Crippen molar-refractivity contribution in [2.24, 2.45) is 0 Å². The summed E-state index contributed by atoms with van der Waals surface area (Å²) in [6, 6.07) is 7.06. The van der Waals surface area contributed by atoms with E-state index in [0.29, 0.717) is 33.5 Å². The van der Waals surface area contributed by atoms with Crippen molar-refractivity contribution < 1.29 is 9.47 Å². The van der Waals surface area contributed by atoms with Gasteiger partial charge in [-0.1, -0.05) is 11.6 Å². The predicted molar refractivity (Wildman–Crippen MR) is 76.8 cm³/mol. The van der Waals surface area contributed by atoms with E-state index in [0.717, 1.165) is 0 Å². The maximum absolute atomic E-state index is 9.06. The number of nitriles is 1. The van der Waals surface area contributed by atoms with Crippen LogP contribution in [0.2, 0.25) is 5.02 Å². The molecule has 0 aliphatic heterocycles. The van der Waals surface area contributed by atoms with Crippen molar-refractivity contribution in [3.05, 3.63) is 41.2 Å². The number of ether oxygens (including phenoxy) is 2. The molecular weight excluding hydrogens is 278 g/mol. The van der Waals surface area contributed by atoms with Crippen LogP contribution in [0.4, 0.5) is 11.4 Å². The van der Waals surface area contributed by atoms with E-state index in [1.807, 2.05) is 0 Å². The van der Waals surface area contributed by atoms with Crippen LogP contribution in [0.25, 0.3) is 0 Å². The number of benzene rings is 1. The lowest BCUT2D eigenvalue weighted by Gasteiger charge is -2.14. The zero-order valence-electron chi connectivity index (χ0n) is 11.0. The van der Waals surface area contributed by atoms with Gasteiger partial charge < -0.3 is 14.8 Å². The van der Waals surface area contributed by atoms with Crippen molar-refractivity contribution in [3.63, 3.8) is 0 Å². The van der Waals surface area contributed by atoms with E-state index in [2.05, 4.69) is 16.4 Å². The van der Waals surface area contributed by atoms with Crippen molar-refractivity contribution in [3.8, 4) is 17.6 Å². The van der Waals surface area contributed by atoms with Gasteiger partial charge in [0.15, 0.2) is 0 Å². The molecule has 5 nitrogen and oxygen atoms in total. The Morgan fingerprint density at radius 3 is 2.60 bits per heavy atom. The van der Waals surface area contributed by atoms with Crippen LogP contribution in [-0.4, -0.2) is 19.2 Å². The summed E-state index contributed by atoms with van der Waals surface area (Å²) in [7, 11) is 3.07. The second-order valence-corrected chi connectivity index (χ2v) is 4.25. The number of methoxy groups -OCH3 is 2. The van der Waals surface area contributed by atoms with Crippen LogP contribution in [0.5, 0.6) is 11.5 Å². The fourth-order valence-electron chi connectivity index (χ4n) is 1.69. The largest absolute Gasteiger partial charge is 0.495 e. The van der Waals surface area contributed by atoms with Crippen molar-refractivity contribution >= 4 is 23.0 Å². The molecule has 2 aromatic rings. The minimum absolute atomic E-state index is 0.443. The summed E-state index contributed by atoms with van der Waals surface area (Å²) in [5.74, 6) is 1.07. The van der Waals surface area contributed by atoms with E-state index in [-0.39, 0.29) is 0 Å². The lowest BCUT2D eigenvalue weighted by molar-refractivity contribution is 0.396. The molecule has 1 N–H and O–H groups in total. The highest BCUT2D eigenvalue weighted by Gasteiger charge is 2.11. The predicted octanol–water partition coefficient (Wildman–Crippen LogP) is 3.37. The first-order chi connectivity index (χ1) is 9.69. The maximum Gasteiger partial charge on any atom is 0.146 e. The Balaban J connectivity index is 2.43. The zero-order chi connectivity index (χ0) is 14.5. The molecule has 0 spiro atoms. The first kappa shape index (κ1) is 14.0. The van der Waals surface area contributed by atoms with Gasteiger partial charge in [0.2, 0.25) is 0 Å². The molecule has 0 amide bonds. The molecule has 1 heterocycles. The SMILES string of the molecule is COc1cc(OC)c(Nc2cnccc2C#N)cc1Cl. The molecule has 6 heteroatoms. The van der Waals surface area contributed by atoms with Gasteiger partial charge in [0.05, 0.1) is 42.4 Å². The van der Waals surface area contributed by atoms with E-state index in [9.17, 15) is 0 Å². The van der Waals surface area contributed by atoms with Crippen LogP contribution in [0, 0.1) is 11.3 Å². The van der Waals surface area contributed by atoms with E-state index < -0.39 is 0 Å². The van der Waals surface area contributed by atoms with Crippen molar-refractivity contribution in [1.29, 1.82) is 5.26 Å². The van der Waals surface area contributed by atoms with Crippen molar-refractivity contribution in [1.82, 2.24) is 4.98 Å². The molecule has 0 fully saturated rings. The van der Waals surface area contributed by atoms with E-state index in [1.165, 1.54) is 7.11 Å². The molecule has 0 aliphatic rings. The van der Waals surface area contributed by atoms with Gasteiger partial charge in [-0.05, 0) is 12.1 Å². The minimum atomic E-state index is 0.443. The van der Waals surface area contributed by atoms with Crippen molar-refractivity contribution in [2.45, 2.75) is 0 Å². The number of pyridine rings is 1. The van der Waals surface area contributed by atoms with E-state index in [1.54, 1.807) is 37.7 Å². The van der Waals surface area contributed by atoms with Gasteiger partial charge in [-0.15, -0.1) is 0 Å². The molecule has 0 saturated heterocycles. The Morgan fingerprint density at radius 2 is 1.95 bits per heavy atom. The van der Waals surface area contributed by atoms with Crippen LogP contribution in [0.3, 0.4) is 0 Å².